The molecule has 9 atom stereocenters. The fraction of sp³-hybridized carbons (Fsp3) is 0.900. The van der Waals surface area contributed by atoms with Gasteiger partial charge in [-0.25, -0.2) is 0 Å². The Morgan fingerprint density at radius 1 is 0.591 bits per heavy atom. The molecule has 0 amide bonds. The third-order valence-corrected chi connectivity index (χ3v) is 14.0. The van der Waals surface area contributed by atoms with Crippen LogP contribution in [0.5, 0.6) is 0 Å². The number of aliphatic hydroxyl groups excluding tert-OH is 1. The maximum absolute atomic E-state index is 14.2. The highest BCUT2D eigenvalue weighted by Crippen LogP contribution is 2.43. The number of carbonyl (C=O) groups is 5. The third-order valence-electron chi connectivity index (χ3n) is 14.0. The SMILES string of the molecule is CCCCC(F)(F)C(=O)CC[C@@H]1[C@@H](CCCCCCC(=O)O)[C@@H](O)C[C@H]1OC1CCCCO1.CCCCC(F)(F)C(=O)CC[C@H]1[C@H](OC2CCCCO2)CC(=O)[C@@H]1CCCCCCC(=O)O. The normalized spacial score (nSPS) is 27.1. The van der Waals surface area contributed by atoms with Crippen molar-refractivity contribution >= 4 is 29.3 Å². The van der Waals surface area contributed by atoms with E-state index in [4.69, 9.17) is 29.2 Å². The lowest BCUT2D eigenvalue weighted by molar-refractivity contribution is -0.197. The van der Waals surface area contributed by atoms with Gasteiger partial charge in [0.05, 0.1) is 18.3 Å². The maximum atomic E-state index is 14.2. The van der Waals surface area contributed by atoms with E-state index in [-0.39, 0.29) is 93.1 Å². The Morgan fingerprint density at radius 2 is 1.06 bits per heavy atom. The molecule has 0 bridgehead atoms. The molecule has 2 aliphatic heterocycles. The number of rotatable bonds is 32. The zero-order valence-electron chi connectivity index (χ0n) is 39.9. The number of ketones is 3. The Kier molecular flexibility index (Phi) is 27.0. The quantitative estimate of drug-likeness (QED) is 0.0429. The highest BCUT2D eigenvalue weighted by molar-refractivity contribution is 5.87. The number of ether oxygens (including phenoxy) is 4. The van der Waals surface area contributed by atoms with Crippen molar-refractivity contribution in [2.24, 2.45) is 23.7 Å². The summed E-state index contributed by atoms with van der Waals surface area (Å²) < 4.78 is 80.4. The molecule has 12 nitrogen and oxygen atoms in total. The molecule has 0 aromatic rings. The van der Waals surface area contributed by atoms with Gasteiger partial charge < -0.3 is 34.3 Å². The zero-order valence-corrected chi connectivity index (χ0v) is 39.9. The summed E-state index contributed by atoms with van der Waals surface area (Å²) in [6.45, 7) is 4.87. The Hall–Kier alpha value is -2.53. The second-order valence-electron chi connectivity index (χ2n) is 19.2. The van der Waals surface area contributed by atoms with Gasteiger partial charge in [-0.15, -0.1) is 0 Å². The summed E-state index contributed by atoms with van der Waals surface area (Å²) in [7, 11) is 0. The number of carboxylic acids is 2. The van der Waals surface area contributed by atoms with Crippen LogP contribution in [0.15, 0.2) is 0 Å². The van der Waals surface area contributed by atoms with Crippen LogP contribution in [-0.2, 0) is 42.9 Å². The van der Waals surface area contributed by atoms with Crippen LogP contribution in [-0.4, -0.2) is 101 Å². The van der Waals surface area contributed by atoms with Crippen molar-refractivity contribution in [2.45, 2.75) is 249 Å². The Morgan fingerprint density at radius 3 is 1.53 bits per heavy atom. The van der Waals surface area contributed by atoms with Crippen LogP contribution < -0.4 is 0 Å². The van der Waals surface area contributed by atoms with Crippen LogP contribution in [0.2, 0.25) is 0 Å². The average Bonchev–Trinajstić information content (AvgIpc) is 3.74. The molecule has 0 radical (unpaired) electrons. The van der Waals surface area contributed by atoms with Crippen molar-refractivity contribution in [3.05, 3.63) is 0 Å². The number of aliphatic carboxylic acids is 2. The summed E-state index contributed by atoms with van der Waals surface area (Å²) in [4.78, 5) is 58.6. The first-order chi connectivity index (χ1) is 31.5. The summed E-state index contributed by atoms with van der Waals surface area (Å²) in [5, 5.41) is 28.2. The number of alkyl halides is 4. The van der Waals surface area contributed by atoms with Gasteiger partial charge >= 0.3 is 23.8 Å². The van der Waals surface area contributed by atoms with Crippen molar-refractivity contribution in [1.82, 2.24) is 0 Å². The summed E-state index contributed by atoms with van der Waals surface area (Å²) in [6, 6.07) is 0. The third kappa shape index (κ3) is 21.0. The largest absolute Gasteiger partial charge is 0.481 e. The molecule has 16 heteroatoms. The Bertz CT molecular complexity index is 1440. The molecule has 2 aliphatic carbocycles. The first-order valence-corrected chi connectivity index (χ1v) is 25.5. The molecule has 2 saturated carbocycles. The second kappa shape index (κ2) is 30.9. The molecule has 0 spiro atoms. The van der Waals surface area contributed by atoms with E-state index in [1.807, 2.05) is 13.8 Å². The van der Waals surface area contributed by atoms with Crippen LogP contribution in [0, 0.1) is 23.7 Å². The Balaban J connectivity index is 0.000000350. The number of hydrogen-bond donors (Lipinski definition) is 3. The lowest BCUT2D eigenvalue weighted by Crippen LogP contribution is -2.33. The van der Waals surface area contributed by atoms with Crippen LogP contribution >= 0.6 is 0 Å². The van der Waals surface area contributed by atoms with Crippen LogP contribution in [0.4, 0.5) is 17.6 Å². The maximum Gasteiger partial charge on any atom is 0.305 e. The number of hydrogen-bond acceptors (Lipinski definition) is 10. The highest BCUT2D eigenvalue weighted by atomic mass is 19.3. The van der Waals surface area contributed by atoms with Crippen LogP contribution in [0.25, 0.3) is 0 Å². The molecule has 0 aromatic heterocycles. The smallest absolute Gasteiger partial charge is 0.305 e. The number of halogens is 4. The van der Waals surface area contributed by atoms with E-state index in [0.717, 1.165) is 77.0 Å². The topological polar surface area (TPSA) is 183 Å². The number of carbonyl (C=O) groups excluding carboxylic acids is 3. The van der Waals surface area contributed by atoms with Crippen LogP contribution in [0.1, 0.15) is 206 Å². The van der Waals surface area contributed by atoms with Crippen molar-refractivity contribution < 1.29 is 75.8 Å². The molecule has 0 aromatic carbocycles. The first-order valence-electron chi connectivity index (χ1n) is 25.5. The molecule has 382 valence electrons. The molecular weight excluding hydrogens is 869 g/mol. The lowest BCUT2D eigenvalue weighted by Gasteiger charge is -2.30. The Labute approximate surface area is 390 Å². The van der Waals surface area contributed by atoms with Gasteiger partial charge in [-0.3, -0.25) is 24.0 Å². The van der Waals surface area contributed by atoms with Crippen molar-refractivity contribution in [3.8, 4) is 0 Å². The van der Waals surface area contributed by atoms with Gasteiger partial charge in [-0.1, -0.05) is 65.2 Å². The van der Waals surface area contributed by atoms with Gasteiger partial charge in [0.2, 0.25) is 11.6 Å². The molecule has 66 heavy (non-hydrogen) atoms. The molecule has 3 N–H and O–H groups in total. The first kappa shape index (κ1) is 57.8. The van der Waals surface area contributed by atoms with Gasteiger partial charge in [0, 0.05) is 70.5 Å². The van der Waals surface area contributed by atoms with Crippen molar-refractivity contribution in [1.29, 1.82) is 0 Å². The van der Waals surface area contributed by atoms with E-state index in [9.17, 15) is 46.6 Å². The van der Waals surface area contributed by atoms with Gasteiger partial charge in [0.15, 0.2) is 12.6 Å². The van der Waals surface area contributed by atoms with Crippen LogP contribution in [0.3, 0.4) is 0 Å². The minimum Gasteiger partial charge on any atom is -0.481 e. The van der Waals surface area contributed by atoms with Gasteiger partial charge in [0.25, 0.3) is 0 Å². The van der Waals surface area contributed by atoms with Gasteiger partial charge in [-0.2, -0.15) is 17.6 Å². The molecular formula is C50H82F4O12. The average molecular weight is 951 g/mol. The van der Waals surface area contributed by atoms with Crippen molar-refractivity contribution in [2.75, 3.05) is 13.2 Å². The van der Waals surface area contributed by atoms with E-state index < -0.39 is 60.4 Å². The number of unbranched alkanes of at least 4 members (excludes halogenated alkanes) is 8. The number of carboxylic acid groups (broad SMARTS) is 2. The highest BCUT2D eigenvalue weighted by Gasteiger charge is 2.47. The monoisotopic (exact) mass is 951 g/mol. The zero-order chi connectivity index (χ0) is 48.5. The minimum absolute atomic E-state index is 0.0662. The van der Waals surface area contributed by atoms with E-state index >= 15 is 0 Å². The van der Waals surface area contributed by atoms with E-state index in [2.05, 4.69) is 0 Å². The second-order valence-corrected chi connectivity index (χ2v) is 19.2. The number of Topliss-reactive ketones (excluding diaryl/α,β-unsaturated/α-hetero) is 3. The predicted octanol–water partition coefficient (Wildman–Crippen LogP) is 11.2. The minimum atomic E-state index is -3.32. The summed E-state index contributed by atoms with van der Waals surface area (Å²) in [6.07, 6.45) is 12.8. The summed E-state index contributed by atoms with van der Waals surface area (Å²) >= 11 is 0. The number of aliphatic hydroxyl groups is 1. The molecule has 2 heterocycles. The fourth-order valence-corrected chi connectivity index (χ4v) is 10.1. The van der Waals surface area contributed by atoms with E-state index in [1.165, 1.54) is 0 Å². The van der Waals surface area contributed by atoms with Gasteiger partial charge in [0.1, 0.15) is 5.78 Å². The predicted molar refractivity (Wildman–Crippen MR) is 239 cm³/mol. The van der Waals surface area contributed by atoms with Gasteiger partial charge in [-0.05, 0) is 108 Å². The molecule has 4 fully saturated rings. The van der Waals surface area contributed by atoms with E-state index in [1.54, 1.807) is 0 Å². The van der Waals surface area contributed by atoms with Crippen molar-refractivity contribution in [3.63, 3.8) is 0 Å². The molecule has 4 rings (SSSR count). The molecule has 2 unspecified atom stereocenters. The molecule has 2 saturated heterocycles. The van der Waals surface area contributed by atoms with E-state index in [0.29, 0.717) is 71.0 Å². The molecule has 4 aliphatic rings. The summed E-state index contributed by atoms with van der Waals surface area (Å²) in [5.41, 5.74) is 0. The lowest BCUT2D eigenvalue weighted by atomic mass is 9.84. The standard InChI is InChI=1S/C25H42F2O6.C25H40F2O6/c2*1-2-3-15-25(26,27)22(29)14-13-19-18(10-6-4-5-7-11-23(30)31)20(28)17-21(19)33-24-12-8-9-16-32-24/h18-21,24,28H,2-17H2,1H3,(H,30,31);18-19,21,24H,2-17H2,1H3,(H,30,31)/t18-,19-,20+,21-,24?;18-,19-,21-,24?/m11/s1. The fourth-order valence-electron chi connectivity index (χ4n) is 10.1. The summed E-state index contributed by atoms with van der Waals surface area (Å²) in [5.74, 6) is -11.1.